The van der Waals surface area contributed by atoms with Gasteiger partial charge in [0.1, 0.15) is 0 Å². The zero-order chi connectivity index (χ0) is 29.7. The van der Waals surface area contributed by atoms with Crippen molar-refractivity contribution in [1.29, 1.82) is 0 Å². The fourth-order valence-electron chi connectivity index (χ4n) is 5.82. The van der Waals surface area contributed by atoms with Crippen LogP contribution in [0.4, 0.5) is 0 Å². The summed E-state index contributed by atoms with van der Waals surface area (Å²) >= 11 is 0. The van der Waals surface area contributed by atoms with E-state index in [9.17, 15) is 5.11 Å². The topological polar surface area (TPSA) is 52.5 Å². The summed E-state index contributed by atoms with van der Waals surface area (Å²) in [6, 6.07) is 22.7. The Hall–Kier alpha value is -2.86. The fraction of sp³-hybridized carbons (Fsp3) is 0.514. The molecule has 5 heteroatoms. The molecule has 42 heavy (non-hydrogen) atoms. The molecule has 2 heterocycles. The maximum Gasteiger partial charge on any atom is 0.0968 e. The van der Waals surface area contributed by atoms with Crippen molar-refractivity contribution >= 4 is 21.8 Å². The summed E-state index contributed by atoms with van der Waals surface area (Å²) in [4.78, 5) is 14.8. The summed E-state index contributed by atoms with van der Waals surface area (Å²) in [7, 11) is 4.26. The molecular weight excluding hydrogens is 516 g/mol. The fourth-order valence-corrected chi connectivity index (χ4v) is 5.82. The van der Waals surface area contributed by atoms with Gasteiger partial charge in [-0.05, 0) is 51.7 Å². The molecule has 0 fully saturated rings. The van der Waals surface area contributed by atoms with Crippen molar-refractivity contribution in [3.63, 3.8) is 0 Å². The second-order valence-corrected chi connectivity index (χ2v) is 12.2. The van der Waals surface area contributed by atoms with E-state index in [1.807, 2.05) is 37.4 Å². The minimum Gasteiger partial charge on any atom is -0.387 e. The highest BCUT2D eigenvalue weighted by Gasteiger charge is 2.21. The molecule has 5 nitrogen and oxygen atoms in total. The van der Waals surface area contributed by atoms with Crippen molar-refractivity contribution in [2.45, 2.75) is 103 Å². The van der Waals surface area contributed by atoms with Gasteiger partial charge in [0.05, 0.1) is 28.5 Å². The van der Waals surface area contributed by atoms with Crippen LogP contribution in [0.2, 0.25) is 0 Å². The Labute approximate surface area is 254 Å². The average molecular weight is 569 g/mol. The van der Waals surface area contributed by atoms with Gasteiger partial charge < -0.3 is 10.0 Å². The van der Waals surface area contributed by atoms with Crippen LogP contribution in [0.3, 0.4) is 0 Å². The van der Waals surface area contributed by atoms with E-state index < -0.39 is 6.10 Å². The lowest BCUT2D eigenvalue weighted by molar-refractivity contribution is 0.0683. The van der Waals surface area contributed by atoms with E-state index in [1.165, 1.54) is 64.2 Å². The van der Waals surface area contributed by atoms with Crippen LogP contribution in [-0.2, 0) is 13.1 Å². The van der Waals surface area contributed by atoms with Crippen molar-refractivity contribution < 1.29 is 5.11 Å². The standard InChI is InChI=1S/C37H52N4O/c1-5-6-7-8-9-10-11-12-13-17-26-40(3)27-33-24-22-30-20-21-31-23-25-34(39-36(31)35(30)38-33)28-41(4)29(2)37(42)32-18-15-14-16-19-32/h14-16,18-25,29,37,42H,5-13,17,26-28H2,1-4H3/t29-,37-/m0/s1. The molecule has 0 aliphatic heterocycles. The van der Waals surface area contributed by atoms with Gasteiger partial charge in [0.25, 0.3) is 0 Å². The molecule has 0 spiro atoms. The normalized spacial score (nSPS) is 13.4. The van der Waals surface area contributed by atoms with Crippen LogP contribution in [0, 0.1) is 0 Å². The maximum absolute atomic E-state index is 10.9. The molecule has 0 amide bonds. The van der Waals surface area contributed by atoms with Crippen LogP contribution >= 0.6 is 0 Å². The Morgan fingerprint density at radius 3 is 1.71 bits per heavy atom. The third-order valence-electron chi connectivity index (χ3n) is 8.66. The summed E-state index contributed by atoms with van der Waals surface area (Å²) in [5, 5.41) is 13.1. The second kappa shape index (κ2) is 16.7. The van der Waals surface area contributed by atoms with Crippen LogP contribution in [0.15, 0.2) is 66.7 Å². The van der Waals surface area contributed by atoms with Gasteiger partial charge in [-0.3, -0.25) is 4.90 Å². The minimum absolute atomic E-state index is 0.0479. The molecule has 2 aromatic carbocycles. The number of fused-ring (bicyclic) bond motifs is 3. The van der Waals surface area contributed by atoms with Crippen molar-refractivity contribution in [3.05, 3.63) is 83.7 Å². The molecule has 2 atom stereocenters. The van der Waals surface area contributed by atoms with E-state index in [0.29, 0.717) is 6.54 Å². The zero-order valence-corrected chi connectivity index (χ0v) is 26.4. The van der Waals surface area contributed by atoms with Crippen LogP contribution in [0.5, 0.6) is 0 Å². The first kappa shape index (κ1) is 32.1. The summed E-state index contributed by atoms with van der Waals surface area (Å²) in [6.45, 7) is 6.95. The lowest BCUT2D eigenvalue weighted by atomic mass is 10.0. The van der Waals surface area contributed by atoms with E-state index in [4.69, 9.17) is 9.97 Å². The van der Waals surface area contributed by atoms with Crippen LogP contribution in [-0.4, -0.2) is 51.6 Å². The number of hydrogen-bond donors (Lipinski definition) is 1. The Morgan fingerprint density at radius 1 is 0.643 bits per heavy atom. The molecule has 226 valence electrons. The summed E-state index contributed by atoms with van der Waals surface area (Å²) in [5.41, 5.74) is 4.93. The number of nitrogens with zero attached hydrogens (tertiary/aromatic N) is 4. The molecule has 0 saturated carbocycles. The predicted octanol–water partition coefficient (Wildman–Crippen LogP) is 8.69. The first-order valence-electron chi connectivity index (χ1n) is 16.3. The molecule has 0 unspecified atom stereocenters. The largest absolute Gasteiger partial charge is 0.387 e. The average Bonchev–Trinajstić information content (AvgIpc) is 3.01. The number of aromatic nitrogens is 2. The van der Waals surface area contributed by atoms with Crippen LogP contribution in [0.25, 0.3) is 21.8 Å². The van der Waals surface area contributed by atoms with Gasteiger partial charge in [-0.2, -0.15) is 0 Å². The molecule has 0 aliphatic carbocycles. The van der Waals surface area contributed by atoms with Gasteiger partial charge in [-0.1, -0.05) is 119 Å². The number of aliphatic hydroxyl groups is 1. The predicted molar refractivity (Wildman–Crippen MR) is 178 cm³/mol. The first-order valence-corrected chi connectivity index (χ1v) is 16.3. The second-order valence-electron chi connectivity index (χ2n) is 12.2. The first-order chi connectivity index (χ1) is 20.5. The molecule has 2 aromatic heterocycles. The zero-order valence-electron chi connectivity index (χ0n) is 26.4. The number of rotatable bonds is 18. The van der Waals surface area contributed by atoms with E-state index in [2.05, 4.69) is 67.1 Å². The Balaban J connectivity index is 1.33. The third-order valence-corrected chi connectivity index (χ3v) is 8.66. The summed E-state index contributed by atoms with van der Waals surface area (Å²) < 4.78 is 0. The van der Waals surface area contributed by atoms with Gasteiger partial charge in [0.2, 0.25) is 0 Å². The van der Waals surface area contributed by atoms with E-state index in [0.717, 1.165) is 51.8 Å². The molecule has 4 rings (SSSR count). The number of aliphatic hydroxyl groups excluding tert-OH is 1. The quantitative estimate of drug-likeness (QED) is 0.0961. The molecule has 4 aromatic rings. The highest BCUT2D eigenvalue weighted by molar-refractivity contribution is 6.02. The van der Waals surface area contributed by atoms with Crippen molar-refractivity contribution in [2.75, 3.05) is 20.6 Å². The smallest absolute Gasteiger partial charge is 0.0968 e. The maximum atomic E-state index is 10.9. The molecule has 0 radical (unpaired) electrons. The lowest BCUT2D eigenvalue weighted by Crippen LogP contribution is -2.34. The van der Waals surface area contributed by atoms with Crippen LogP contribution < -0.4 is 0 Å². The number of benzene rings is 2. The third kappa shape index (κ3) is 9.32. The van der Waals surface area contributed by atoms with Crippen LogP contribution in [0.1, 0.15) is 101 Å². The number of likely N-dealkylation sites (N-methyl/N-ethyl adjacent to an activating group) is 1. The molecule has 1 N–H and O–H groups in total. The number of pyridine rings is 2. The van der Waals surface area contributed by atoms with E-state index >= 15 is 0 Å². The Bertz CT molecular complexity index is 1360. The van der Waals surface area contributed by atoms with Gasteiger partial charge in [-0.15, -0.1) is 0 Å². The molecule has 0 bridgehead atoms. The summed E-state index contributed by atoms with van der Waals surface area (Å²) in [5.74, 6) is 0. The minimum atomic E-state index is -0.556. The van der Waals surface area contributed by atoms with Gasteiger partial charge in [-0.25, -0.2) is 9.97 Å². The number of unbranched alkanes of at least 4 members (excludes halogenated alkanes) is 9. The lowest BCUT2D eigenvalue weighted by Gasteiger charge is -2.29. The van der Waals surface area contributed by atoms with Gasteiger partial charge in [0.15, 0.2) is 0 Å². The SMILES string of the molecule is CCCCCCCCCCCCN(C)Cc1ccc2ccc3ccc(CN(C)[C@@H](C)[C@H](O)c4ccccc4)nc3c2n1. The van der Waals surface area contributed by atoms with Gasteiger partial charge >= 0.3 is 0 Å². The summed E-state index contributed by atoms with van der Waals surface area (Å²) in [6.07, 6.45) is 13.1. The Kier molecular flexibility index (Phi) is 12.7. The molecule has 0 aliphatic rings. The Morgan fingerprint density at radius 2 is 1.14 bits per heavy atom. The van der Waals surface area contributed by atoms with Crippen molar-refractivity contribution in [1.82, 2.24) is 19.8 Å². The van der Waals surface area contributed by atoms with E-state index in [-0.39, 0.29) is 6.04 Å². The van der Waals surface area contributed by atoms with E-state index in [1.54, 1.807) is 0 Å². The highest BCUT2D eigenvalue weighted by atomic mass is 16.3. The monoisotopic (exact) mass is 568 g/mol. The molecule has 0 saturated heterocycles. The van der Waals surface area contributed by atoms with Crippen molar-refractivity contribution in [2.24, 2.45) is 0 Å². The highest BCUT2D eigenvalue weighted by Crippen LogP contribution is 2.25. The van der Waals surface area contributed by atoms with Crippen molar-refractivity contribution in [3.8, 4) is 0 Å². The molecular formula is C37H52N4O. The number of hydrogen-bond acceptors (Lipinski definition) is 5. The van der Waals surface area contributed by atoms with Gasteiger partial charge in [0, 0.05) is 29.9 Å².